The Morgan fingerprint density at radius 3 is 2.11 bits per heavy atom. The normalized spacial score (nSPS) is 14.1. The van der Waals surface area contributed by atoms with Gasteiger partial charge >= 0.3 is 12.4 Å². The Kier molecular flexibility index (Phi) is 9.08. The van der Waals surface area contributed by atoms with Gasteiger partial charge in [0.2, 0.25) is 15.9 Å². The monoisotopic (exact) mass is 686 g/mol. The first-order valence-electron chi connectivity index (χ1n) is 13.4. The minimum absolute atomic E-state index is 0.00932. The fourth-order valence-corrected chi connectivity index (χ4v) is 6.55. The van der Waals surface area contributed by atoms with E-state index in [9.17, 15) is 43.9 Å². The van der Waals surface area contributed by atoms with Crippen molar-refractivity contribution in [1.82, 2.24) is 4.31 Å². The van der Waals surface area contributed by atoms with Gasteiger partial charge in [0.1, 0.15) is 17.3 Å². The predicted octanol–water partition coefficient (Wildman–Crippen LogP) is 8.24. The van der Waals surface area contributed by atoms with Crippen molar-refractivity contribution < 1.29 is 48.7 Å². The lowest BCUT2D eigenvalue weighted by Crippen LogP contribution is -2.36. The van der Waals surface area contributed by atoms with Crippen molar-refractivity contribution >= 4 is 33.2 Å². The van der Waals surface area contributed by atoms with Crippen LogP contribution < -0.4 is 10.1 Å². The second-order valence-electron chi connectivity index (χ2n) is 10.2. The van der Waals surface area contributed by atoms with Gasteiger partial charge in [-0.25, -0.2) is 12.8 Å². The number of rotatable bonds is 7. The standard InChI is InChI=1S/C31H22ClF7N2O4S/c32-26-13-4-19-17-41(15-14-24(19)29(26)40-27(42)16-18-2-1-3-25(28(18)33)31(37,38)39)46(43,44)23-11-9-22(10-12-23)45-21-7-5-20(6-8-21)30(34,35)36/h1-13H,14-17H2,(H,40,42). The maximum absolute atomic E-state index is 14.5. The highest BCUT2D eigenvalue weighted by Gasteiger charge is 2.35. The molecule has 1 aliphatic heterocycles. The zero-order chi connectivity index (χ0) is 33.4. The molecule has 0 fully saturated rings. The minimum Gasteiger partial charge on any atom is -0.457 e. The summed E-state index contributed by atoms with van der Waals surface area (Å²) in [5.41, 5.74) is -1.60. The number of carbonyl (C=O) groups is 1. The fourth-order valence-electron chi connectivity index (χ4n) is 4.91. The van der Waals surface area contributed by atoms with Crippen LogP contribution in [0.3, 0.4) is 0 Å². The molecule has 0 spiro atoms. The molecule has 1 amide bonds. The molecule has 0 radical (unpaired) electrons. The molecule has 0 atom stereocenters. The van der Waals surface area contributed by atoms with Crippen LogP contribution in [0.5, 0.6) is 11.5 Å². The van der Waals surface area contributed by atoms with E-state index in [0.29, 0.717) is 17.2 Å². The number of nitrogens with one attached hydrogen (secondary N) is 1. The molecule has 5 rings (SSSR count). The van der Waals surface area contributed by atoms with E-state index in [1.165, 1.54) is 34.6 Å². The number of benzene rings is 4. The summed E-state index contributed by atoms with van der Waals surface area (Å²) in [5, 5.41) is 2.65. The number of halogens is 8. The van der Waals surface area contributed by atoms with Gasteiger partial charge in [0.05, 0.1) is 33.2 Å². The first kappa shape index (κ1) is 33.2. The van der Waals surface area contributed by atoms with E-state index in [1.54, 1.807) is 6.07 Å². The highest BCUT2D eigenvalue weighted by Crippen LogP contribution is 2.36. The Bertz CT molecular complexity index is 1880. The van der Waals surface area contributed by atoms with E-state index < -0.39 is 57.2 Å². The molecule has 1 N–H and O–H groups in total. The average molecular weight is 687 g/mol. The predicted molar refractivity (Wildman–Crippen MR) is 154 cm³/mol. The lowest BCUT2D eigenvalue weighted by atomic mass is 9.98. The van der Waals surface area contributed by atoms with Crippen LogP contribution in [0.2, 0.25) is 5.02 Å². The second-order valence-corrected chi connectivity index (χ2v) is 12.6. The number of amides is 1. The van der Waals surface area contributed by atoms with Crippen LogP contribution in [0.15, 0.2) is 83.8 Å². The molecule has 4 aromatic rings. The van der Waals surface area contributed by atoms with Gasteiger partial charge in [-0.15, -0.1) is 0 Å². The highest BCUT2D eigenvalue weighted by molar-refractivity contribution is 7.89. The number of nitrogens with zero attached hydrogens (tertiary/aromatic N) is 1. The number of hydrogen-bond donors (Lipinski definition) is 1. The van der Waals surface area contributed by atoms with Crippen LogP contribution in [0, 0.1) is 5.82 Å². The van der Waals surface area contributed by atoms with Gasteiger partial charge < -0.3 is 10.1 Å². The maximum atomic E-state index is 14.5. The van der Waals surface area contributed by atoms with Gasteiger partial charge in [-0.1, -0.05) is 29.8 Å². The molecular formula is C31H22ClF7N2O4S. The number of fused-ring (bicyclic) bond motifs is 1. The van der Waals surface area contributed by atoms with Gasteiger partial charge in [-0.3, -0.25) is 4.79 Å². The number of alkyl halides is 6. The topological polar surface area (TPSA) is 75.7 Å². The second kappa shape index (κ2) is 12.6. The zero-order valence-corrected chi connectivity index (χ0v) is 24.9. The van der Waals surface area contributed by atoms with Crippen molar-refractivity contribution in [1.29, 1.82) is 0 Å². The largest absolute Gasteiger partial charge is 0.457 e. The smallest absolute Gasteiger partial charge is 0.419 e. The van der Waals surface area contributed by atoms with E-state index in [0.717, 1.165) is 36.4 Å². The van der Waals surface area contributed by atoms with E-state index in [2.05, 4.69) is 5.32 Å². The van der Waals surface area contributed by atoms with E-state index in [-0.39, 0.29) is 46.6 Å². The Labute approximate surface area is 263 Å². The zero-order valence-electron chi connectivity index (χ0n) is 23.3. The summed E-state index contributed by atoms with van der Waals surface area (Å²) in [5.74, 6) is -2.05. The number of carbonyl (C=O) groups excluding carboxylic acids is 1. The lowest BCUT2D eigenvalue weighted by molar-refractivity contribution is -0.140. The Morgan fingerprint density at radius 1 is 0.870 bits per heavy atom. The SMILES string of the molecule is O=C(Cc1cccc(C(F)(F)F)c1F)Nc1c(Cl)ccc2c1CCN(S(=O)(=O)c1ccc(Oc3ccc(C(F)(F)F)cc3)cc1)C2. The number of sulfonamides is 1. The third kappa shape index (κ3) is 7.13. The molecule has 46 heavy (non-hydrogen) atoms. The van der Waals surface area contributed by atoms with Gasteiger partial charge in [-0.2, -0.15) is 30.6 Å². The molecule has 0 aromatic heterocycles. The third-order valence-electron chi connectivity index (χ3n) is 7.20. The molecule has 0 aliphatic carbocycles. The molecule has 15 heteroatoms. The molecule has 6 nitrogen and oxygen atoms in total. The average Bonchev–Trinajstić information content (AvgIpc) is 2.99. The molecule has 1 aliphatic rings. The minimum atomic E-state index is -4.93. The molecule has 4 aromatic carbocycles. The third-order valence-corrected chi connectivity index (χ3v) is 9.37. The summed E-state index contributed by atoms with van der Waals surface area (Å²) >= 11 is 6.32. The quantitative estimate of drug-likeness (QED) is 0.199. The summed E-state index contributed by atoms with van der Waals surface area (Å²) in [6.07, 6.45) is -10.0. The van der Waals surface area contributed by atoms with Crippen molar-refractivity contribution in [2.75, 3.05) is 11.9 Å². The Morgan fingerprint density at radius 2 is 1.50 bits per heavy atom. The number of ether oxygens (including phenoxy) is 1. The molecule has 1 heterocycles. The van der Waals surface area contributed by atoms with E-state index in [1.807, 2.05) is 0 Å². The molecule has 0 unspecified atom stereocenters. The van der Waals surface area contributed by atoms with Gasteiger partial charge in [-0.05, 0) is 83.8 Å². The summed E-state index contributed by atoms with van der Waals surface area (Å²) < 4.78 is 126. The van der Waals surface area contributed by atoms with Crippen LogP contribution in [-0.2, 0) is 46.6 Å². The Balaban J connectivity index is 1.28. The van der Waals surface area contributed by atoms with Gasteiger partial charge in [0.25, 0.3) is 0 Å². The van der Waals surface area contributed by atoms with Gasteiger partial charge in [0.15, 0.2) is 0 Å². The van der Waals surface area contributed by atoms with Crippen LogP contribution in [0.1, 0.15) is 27.8 Å². The van der Waals surface area contributed by atoms with Crippen LogP contribution in [0.4, 0.5) is 36.4 Å². The maximum Gasteiger partial charge on any atom is 0.419 e. The Hall–Kier alpha value is -4.14. The van der Waals surface area contributed by atoms with E-state index in [4.69, 9.17) is 16.3 Å². The summed E-state index contributed by atoms with van der Waals surface area (Å²) in [7, 11) is -4.03. The van der Waals surface area contributed by atoms with Crippen molar-refractivity contribution in [3.8, 4) is 11.5 Å². The molecular weight excluding hydrogens is 665 g/mol. The summed E-state index contributed by atoms with van der Waals surface area (Å²) in [6, 6.07) is 15.0. The summed E-state index contributed by atoms with van der Waals surface area (Å²) in [6.45, 7) is -0.103. The molecule has 0 bridgehead atoms. The van der Waals surface area contributed by atoms with Crippen molar-refractivity contribution in [2.24, 2.45) is 0 Å². The summed E-state index contributed by atoms with van der Waals surface area (Å²) in [4.78, 5) is 12.7. The molecule has 242 valence electrons. The van der Waals surface area contributed by atoms with Crippen LogP contribution >= 0.6 is 11.6 Å². The number of anilines is 1. The molecule has 0 saturated heterocycles. The van der Waals surface area contributed by atoms with Crippen molar-refractivity contribution in [3.05, 3.63) is 118 Å². The first-order valence-corrected chi connectivity index (χ1v) is 15.3. The van der Waals surface area contributed by atoms with Crippen molar-refractivity contribution in [2.45, 2.75) is 36.6 Å². The number of hydrogen-bond acceptors (Lipinski definition) is 4. The highest BCUT2D eigenvalue weighted by atomic mass is 35.5. The van der Waals surface area contributed by atoms with Crippen LogP contribution in [-0.4, -0.2) is 25.2 Å². The first-order chi connectivity index (χ1) is 21.5. The van der Waals surface area contributed by atoms with Gasteiger partial charge in [0, 0.05) is 13.1 Å². The fraction of sp³-hybridized carbons (Fsp3) is 0.194. The lowest BCUT2D eigenvalue weighted by Gasteiger charge is -2.30. The van der Waals surface area contributed by atoms with E-state index >= 15 is 0 Å². The van der Waals surface area contributed by atoms with Crippen molar-refractivity contribution in [3.63, 3.8) is 0 Å². The molecule has 0 saturated carbocycles. The van der Waals surface area contributed by atoms with Crippen LogP contribution in [0.25, 0.3) is 0 Å².